The number of benzene rings is 1. The van der Waals surface area contributed by atoms with Crippen molar-refractivity contribution in [2.24, 2.45) is 0 Å². The lowest BCUT2D eigenvalue weighted by Crippen LogP contribution is -1.82. The minimum absolute atomic E-state index is 1.15. The zero-order valence-electron chi connectivity index (χ0n) is 7.92. The van der Waals surface area contributed by atoms with Gasteiger partial charge in [-0.2, -0.15) is 11.8 Å². The predicted octanol–water partition coefficient (Wildman–Crippen LogP) is 4.48. The van der Waals surface area contributed by atoms with E-state index in [2.05, 4.69) is 47.1 Å². The van der Waals surface area contributed by atoms with E-state index in [-0.39, 0.29) is 0 Å². The molecular weight excluding hydrogens is 244 g/mol. The quantitative estimate of drug-likeness (QED) is 0.702. The van der Waals surface area contributed by atoms with Gasteiger partial charge in [-0.1, -0.05) is 41.4 Å². The van der Waals surface area contributed by atoms with E-state index in [0.717, 1.165) is 10.2 Å². The van der Waals surface area contributed by atoms with Gasteiger partial charge in [-0.15, -0.1) is 0 Å². The van der Waals surface area contributed by atoms with E-state index in [9.17, 15) is 0 Å². The highest BCUT2D eigenvalue weighted by molar-refractivity contribution is 9.10. The first-order valence-corrected chi connectivity index (χ1v) is 6.60. The standard InChI is InChI=1S/C11H15BrS/c1-2-3-8-13-9-10-4-6-11(12)7-5-10/h4-7H,2-3,8-9H2,1H3. The van der Waals surface area contributed by atoms with Crippen molar-refractivity contribution in [3.63, 3.8) is 0 Å². The zero-order chi connectivity index (χ0) is 9.52. The van der Waals surface area contributed by atoms with Crippen molar-refractivity contribution in [1.82, 2.24) is 0 Å². The van der Waals surface area contributed by atoms with Gasteiger partial charge in [0, 0.05) is 10.2 Å². The van der Waals surface area contributed by atoms with Gasteiger partial charge in [-0.25, -0.2) is 0 Å². The van der Waals surface area contributed by atoms with Crippen LogP contribution in [0.5, 0.6) is 0 Å². The third kappa shape index (κ3) is 4.72. The largest absolute Gasteiger partial charge is 0.157 e. The van der Waals surface area contributed by atoms with Crippen molar-refractivity contribution in [2.75, 3.05) is 5.75 Å². The summed E-state index contributed by atoms with van der Waals surface area (Å²) in [6, 6.07) is 8.58. The van der Waals surface area contributed by atoms with Crippen LogP contribution < -0.4 is 0 Å². The fourth-order valence-electron chi connectivity index (χ4n) is 1.02. The first kappa shape index (κ1) is 11.1. The van der Waals surface area contributed by atoms with Gasteiger partial charge in [0.2, 0.25) is 0 Å². The molecule has 0 N–H and O–H groups in total. The minimum atomic E-state index is 1.15. The number of hydrogen-bond donors (Lipinski definition) is 0. The van der Waals surface area contributed by atoms with Gasteiger partial charge in [-0.05, 0) is 29.9 Å². The van der Waals surface area contributed by atoms with Crippen LogP contribution in [0.4, 0.5) is 0 Å². The molecule has 0 aliphatic carbocycles. The molecule has 0 unspecified atom stereocenters. The molecule has 0 saturated heterocycles. The molecule has 0 aliphatic rings. The van der Waals surface area contributed by atoms with Gasteiger partial charge < -0.3 is 0 Å². The van der Waals surface area contributed by atoms with Crippen molar-refractivity contribution < 1.29 is 0 Å². The molecule has 1 aromatic carbocycles. The number of rotatable bonds is 5. The number of hydrogen-bond acceptors (Lipinski definition) is 1. The van der Waals surface area contributed by atoms with Crippen LogP contribution in [-0.2, 0) is 5.75 Å². The van der Waals surface area contributed by atoms with E-state index in [1.54, 1.807) is 0 Å². The molecule has 0 atom stereocenters. The summed E-state index contributed by atoms with van der Waals surface area (Å²) in [4.78, 5) is 0. The Morgan fingerprint density at radius 2 is 1.92 bits per heavy atom. The molecule has 72 valence electrons. The number of unbranched alkanes of at least 4 members (excludes halogenated alkanes) is 1. The van der Waals surface area contributed by atoms with Crippen molar-refractivity contribution in [1.29, 1.82) is 0 Å². The summed E-state index contributed by atoms with van der Waals surface area (Å²) in [6.45, 7) is 2.24. The van der Waals surface area contributed by atoms with E-state index in [4.69, 9.17) is 0 Å². The lowest BCUT2D eigenvalue weighted by Gasteiger charge is -2.00. The first-order valence-electron chi connectivity index (χ1n) is 4.65. The van der Waals surface area contributed by atoms with Crippen LogP contribution in [0.15, 0.2) is 28.7 Å². The summed E-state index contributed by atoms with van der Waals surface area (Å²) in [6.07, 6.45) is 2.63. The maximum absolute atomic E-state index is 3.43. The molecule has 0 aliphatic heterocycles. The second-order valence-corrected chi connectivity index (χ2v) is 5.05. The molecule has 13 heavy (non-hydrogen) atoms. The summed E-state index contributed by atoms with van der Waals surface area (Å²) < 4.78 is 1.16. The Hall–Kier alpha value is 0.0500. The van der Waals surface area contributed by atoms with Crippen molar-refractivity contribution in [3.8, 4) is 0 Å². The Labute approximate surface area is 93.2 Å². The second kappa shape index (κ2) is 6.50. The van der Waals surface area contributed by atoms with Crippen LogP contribution in [0.3, 0.4) is 0 Å². The van der Waals surface area contributed by atoms with E-state index in [1.807, 2.05) is 11.8 Å². The van der Waals surface area contributed by atoms with E-state index in [1.165, 1.54) is 24.2 Å². The maximum atomic E-state index is 3.43. The SMILES string of the molecule is CCCCSCc1ccc(Br)cc1. The highest BCUT2D eigenvalue weighted by Gasteiger charge is 1.93. The Balaban J connectivity index is 2.25. The summed E-state index contributed by atoms with van der Waals surface area (Å²) in [7, 11) is 0. The molecule has 0 fully saturated rings. The molecule has 0 amide bonds. The van der Waals surface area contributed by atoms with E-state index >= 15 is 0 Å². The molecular formula is C11H15BrS. The Morgan fingerprint density at radius 3 is 2.54 bits per heavy atom. The molecule has 0 radical (unpaired) electrons. The molecule has 0 bridgehead atoms. The molecule has 0 saturated carbocycles. The lowest BCUT2D eigenvalue weighted by atomic mass is 10.2. The molecule has 1 aromatic rings. The van der Waals surface area contributed by atoms with E-state index in [0.29, 0.717) is 0 Å². The van der Waals surface area contributed by atoms with Crippen LogP contribution in [0.25, 0.3) is 0 Å². The molecule has 0 nitrogen and oxygen atoms in total. The van der Waals surface area contributed by atoms with Crippen LogP contribution in [0.1, 0.15) is 25.3 Å². The predicted molar refractivity (Wildman–Crippen MR) is 65.2 cm³/mol. The zero-order valence-corrected chi connectivity index (χ0v) is 10.3. The van der Waals surface area contributed by atoms with Crippen molar-refractivity contribution in [3.05, 3.63) is 34.3 Å². The lowest BCUT2D eigenvalue weighted by molar-refractivity contribution is 0.896. The third-order valence-corrected chi connectivity index (χ3v) is 3.47. The van der Waals surface area contributed by atoms with Crippen LogP contribution in [-0.4, -0.2) is 5.75 Å². The third-order valence-electron chi connectivity index (χ3n) is 1.82. The van der Waals surface area contributed by atoms with E-state index < -0.39 is 0 Å². The van der Waals surface area contributed by atoms with Gasteiger partial charge in [-0.3, -0.25) is 0 Å². The number of thioether (sulfide) groups is 1. The molecule has 0 spiro atoms. The summed E-state index contributed by atoms with van der Waals surface area (Å²) >= 11 is 5.45. The topological polar surface area (TPSA) is 0 Å². The highest BCUT2D eigenvalue weighted by Crippen LogP contribution is 2.16. The molecule has 0 aromatic heterocycles. The average Bonchev–Trinajstić information content (AvgIpc) is 2.15. The monoisotopic (exact) mass is 258 g/mol. The number of halogens is 1. The minimum Gasteiger partial charge on any atom is -0.157 e. The molecule has 1 rings (SSSR count). The fourth-order valence-corrected chi connectivity index (χ4v) is 2.35. The van der Waals surface area contributed by atoms with Gasteiger partial charge >= 0.3 is 0 Å². The van der Waals surface area contributed by atoms with Gasteiger partial charge in [0.1, 0.15) is 0 Å². The highest BCUT2D eigenvalue weighted by atomic mass is 79.9. The summed E-state index contributed by atoms with van der Waals surface area (Å²) in [5.41, 5.74) is 1.42. The van der Waals surface area contributed by atoms with Gasteiger partial charge in [0.05, 0.1) is 0 Å². The van der Waals surface area contributed by atoms with Crippen molar-refractivity contribution >= 4 is 27.7 Å². The smallest absolute Gasteiger partial charge is 0.0184 e. The normalized spacial score (nSPS) is 10.3. The van der Waals surface area contributed by atoms with Gasteiger partial charge in [0.25, 0.3) is 0 Å². The van der Waals surface area contributed by atoms with Crippen LogP contribution in [0.2, 0.25) is 0 Å². The molecule has 0 heterocycles. The molecule has 2 heteroatoms. The summed E-state index contributed by atoms with van der Waals surface area (Å²) in [5, 5.41) is 0. The Kier molecular flexibility index (Phi) is 5.56. The fraction of sp³-hybridized carbons (Fsp3) is 0.455. The van der Waals surface area contributed by atoms with Crippen LogP contribution in [0, 0.1) is 0 Å². The average molecular weight is 259 g/mol. The first-order chi connectivity index (χ1) is 6.33. The maximum Gasteiger partial charge on any atom is 0.0184 e. The Bertz CT molecular complexity index is 230. The van der Waals surface area contributed by atoms with Crippen molar-refractivity contribution in [2.45, 2.75) is 25.5 Å². The second-order valence-electron chi connectivity index (χ2n) is 3.03. The van der Waals surface area contributed by atoms with Crippen LogP contribution >= 0.6 is 27.7 Å². The van der Waals surface area contributed by atoms with Gasteiger partial charge in [0.15, 0.2) is 0 Å². The summed E-state index contributed by atoms with van der Waals surface area (Å²) in [5.74, 6) is 2.43. The Morgan fingerprint density at radius 1 is 1.23 bits per heavy atom.